The van der Waals surface area contributed by atoms with Crippen LogP contribution in [0.4, 0.5) is 5.82 Å². The van der Waals surface area contributed by atoms with Gasteiger partial charge in [-0.05, 0) is 36.2 Å². The number of aromatic nitrogens is 2. The van der Waals surface area contributed by atoms with Gasteiger partial charge in [0.2, 0.25) is 5.91 Å². The Balaban J connectivity index is 1.72. The van der Waals surface area contributed by atoms with Crippen LogP contribution in [0.2, 0.25) is 5.02 Å². The third-order valence-electron chi connectivity index (χ3n) is 4.43. The Morgan fingerprint density at radius 3 is 2.52 bits per heavy atom. The predicted molar refractivity (Wildman–Crippen MR) is 109 cm³/mol. The highest BCUT2D eigenvalue weighted by molar-refractivity contribution is 6.30. The molecular weight excluding hydrogens is 358 g/mol. The van der Waals surface area contributed by atoms with Crippen molar-refractivity contribution in [3.8, 4) is 11.3 Å². The van der Waals surface area contributed by atoms with Crippen LogP contribution in [0.5, 0.6) is 0 Å². The molecule has 1 N–H and O–H groups in total. The lowest BCUT2D eigenvalue weighted by atomic mass is 10.1. The van der Waals surface area contributed by atoms with Crippen molar-refractivity contribution in [3.63, 3.8) is 0 Å². The number of halogens is 1. The molecule has 0 radical (unpaired) electrons. The van der Waals surface area contributed by atoms with Crippen LogP contribution in [0.3, 0.4) is 0 Å². The highest BCUT2D eigenvalue weighted by Crippen LogP contribution is 2.29. The normalized spacial score (nSPS) is 10.9. The first kappa shape index (κ1) is 17.3. The number of nitrogens with zero attached hydrogens (tertiary/aromatic N) is 2. The molecule has 134 valence electrons. The molecule has 2 aromatic heterocycles. The number of anilines is 1. The van der Waals surface area contributed by atoms with Gasteiger partial charge in [-0.15, -0.1) is 0 Å². The number of benzene rings is 2. The summed E-state index contributed by atoms with van der Waals surface area (Å²) in [6, 6.07) is 21.1. The van der Waals surface area contributed by atoms with Crippen LogP contribution in [-0.2, 0) is 11.2 Å². The van der Waals surface area contributed by atoms with E-state index in [1.165, 1.54) is 0 Å². The van der Waals surface area contributed by atoms with Crippen LogP contribution < -0.4 is 5.32 Å². The Bertz CT molecular complexity index is 1100. The number of hydrogen-bond acceptors (Lipinski definition) is 2. The third-order valence-corrected chi connectivity index (χ3v) is 4.68. The van der Waals surface area contributed by atoms with Gasteiger partial charge in [-0.2, -0.15) is 0 Å². The quantitative estimate of drug-likeness (QED) is 0.536. The third kappa shape index (κ3) is 3.57. The molecule has 2 heterocycles. The van der Waals surface area contributed by atoms with Crippen molar-refractivity contribution in [2.75, 3.05) is 5.32 Å². The van der Waals surface area contributed by atoms with Gasteiger partial charge in [-0.25, -0.2) is 4.98 Å². The van der Waals surface area contributed by atoms with Crippen LogP contribution in [0.1, 0.15) is 11.1 Å². The minimum Gasteiger partial charge on any atom is -0.310 e. The second-order valence-electron chi connectivity index (χ2n) is 6.41. The molecule has 0 aliphatic heterocycles. The molecule has 0 saturated heterocycles. The molecule has 0 unspecified atom stereocenters. The zero-order valence-electron chi connectivity index (χ0n) is 14.8. The molecule has 0 spiro atoms. The van der Waals surface area contributed by atoms with Gasteiger partial charge in [0, 0.05) is 16.8 Å². The number of rotatable bonds is 4. The lowest BCUT2D eigenvalue weighted by molar-refractivity contribution is -0.115. The maximum absolute atomic E-state index is 12.7. The van der Waals surface area contributed by atoms with Crippen LogP contribution >= 0.6 is 11.6 Å². The molecule has 5 heteroatoms. The maximum atomic E-state index is 12.7. The van der Waals surface area contributed by atoms with Crippen molar-refractivity contribution in [1.82, 2.24) is 9.38 Å². The Kier molecular flexibility index (Phi) is 4.65. The molecule has 1 amide bonds. The number of nitrogens with one attached hydrogen (secondary N) is 1. The van der Waals surface area contributed by atoms with E-state index in [1.54, 1.807) is 12.1 Å². The van der Waals surface area contributed by atoms with E-state index < -0.39 is 0 Å². The van der Waals surface area contributed by atoms with E-state index in [4.69, 9.17) is 16.6 Å². The topological polar surface area (TPSA) is 46.4 Å². The standard InChI is InChI=1S/C22H18ClN3O/c1-15-6-5-13-26-21(15)25-20(17-7-3-2-4-8-17)22(26)24-19(27)14-16-9-11-18(23)12-10-16/h2-13H,14H2,1H3,(H,24,27). The van der Waals surface area contributed by atoms with E-state index >= 15 is 0 Å². The van der Waals surface area contributed by atoms with E-state index in [1.807, 2.05) is 72.1 Å². The summed E-state index contributed by atoms with van der Waals surface area (Å²) in [6.07, 6.45) is 2.18. The minimum absolute atomic E-state index is 0.0993. The van der Waals surface area contributed by atoms with E-state index in [2.05, 4.69) is 5.32 Å². The average molecular weight is 376 g/mol. The number of fused-ring (bicyclic) bond motifs is 1. The summed E-state index contributed by atoms with van der Waals surface area (Å²) in [5.41, 5.74) is 4.51. The van der Waals surface area contributed by atoms with Crippen molar-refractivity contribution in [1.29, 1.82) is 0 Å². The fourth-order valence-electron chi connectivity index (χ4n) is 3.08. The Hall–Kier alpha value is -3.11. The second-order valence-corrected chi connectivity index (χ2v) is 6.85. The first-order valence-corrected chi connectivity index (χ1v) is 9.07. The summed E-state index contributed by atoms with van der Waals surface area (Å²) < 4.78 is 1.93. The Morgan fingerprint density at radius 2 is 1.78 bits per heavy atom. The minimum atomic E-state index is -0.0993. The molecule has 0 aliphatic rings. The molecular formula is C22H18ClN3O. The van der Waals surface area contributed by atoms with E-state index in [0.29, 0.717) is 10.8 Å². The van der Waals surface area contributed by atoms with Gasteiger partial charge in [0.1, 0.15) is 17.2 Å². The molecule has 27 heavy (non-hydrogen) atoms. The monoisotopic (exact) mass is 375 g/mol. The summed E-state index contributed by atoms with van der Waals surface area (Å²) in [6.45, 7) is 2.01. The molecule has 0 atom stereocenters. The largest absolute Gasteiger partial charge is 0.310 e. The average Bonchev–Trinajstić information content (AvgIpc) is 3.04. The molecule has 0 bridgehead atoms. The number of pyridine rings is 1. The van der Waals surface area contributed by atoms with Crippen molar-refractivity contribution < 1.29 is 4.79 Å². The first-order valence-electron chi connectivity index (χ1n) is 8.69. The summed E-state index contributed by atoms with van der Waals surface area (Å²) in [4.78, 5) is 17.5. The van der Waals surface area contributed by atoms with Crippen LogP contribution in [0, 0.1) is 6.92 Å². The molecule has 0 fully saturated rings. The molecule has 4 aromatic rings. The lowest BCUT2D eigenvalue weighted by Gasteiger charge is -2.08. The smallest absolute Gasteiger partial charge is 0.229 e. The van der Waals surface area contributed by atoms with E-state index in [9.17, 15) is 4.79 Å². The van der Waals surface area contributed by atoms with Crippen LogP contribution in [-0.4, -0.2) is 15.3 Å². The highest BCUT2D eigenvalue weighted by atomic mass is 35.5. The SMILES string of the molecule is Cc1cccn2c(NC(=O)Cc3ccc(Cl)cc3)c(-c3ccccc3)nc12. The van der Waals surface area contributed by atoms with Crippen molar-refractivity contribution in [2.24, 2.45) is 0 Å². The predicted octanol–water partition coefficient (Wildman–Crippen LogP) is 5.14. The number of carbonyl (C=O) groups excluding carboxylic acids is 1. The summed E-state index contributed by atoms with van der Waals surface area (Å²) >= 11 is 5.92. The fourth-order valence-corrected chi connectivity index (χ4v) is 3.21. The van der Waals surface area contributed by atoms with Gasteiger partial charge in [0.05, 0.1) is 6.42 Å². The second kappa shape index (κ2) is 7.25. The van der Waals surface area contributed by atoms with Crippen LogP contribution in [0.25, 0.3) is 16.9 Å². The van der Waals surface area contributed by atoms with E-state index in [-0.39, 0.29) is 12.3 Å². The highest BCUT2D eigenvalue weighted by Gasteiger charge is 2.17. The Morgan fingerprint density at radius 1 is 1.04 bits per heavy atom. The first-order chi connectivity index (χ1) is 13.1. The molecule has 2 aromatic carbocycles. The maximum Gasteiger partial charge on any atom is 0.229 e. The van der Waals surface area contributed by atoms with Crippen molar-refractivity contribution in [3.05, 3.63) is 89.1 Å². The zero-order valence-corrected chi connectivity index (χ0v) is 15.6. The summed E-state index contributed by atoms with van der Waals surface area (Å²) in [5.74, 6) is 0.580. The zero-order chi connectivity index (χ0) is 18.8. The Labute approximate surface area is 162 Å². The van der Waals surface area contributed by atoms with Gasteiger partial charge >= 0.3 is 0 Å². The molecule has 0 saturated carbocycles. The lowest BCUT2D eigenvalue weighted by Crippen LogP contribution is -2.16. The van der Waals surface area contributed by atoms with Gasteiger partial charge in [0.15, 0.2) is 0 Å². The van der Waals surface area contributed by atoms with Gasteiger partial charge in [0.25, 0.3) is 0 Å². The number of aryl methyl sites for hydroxylation is 1. The molecule has 4 rings (SSSR count). The van der Waals surface area contributed by atoms with Gasteiger partial charge in [-0.3, -0.25) is 9.20 Å². The number of amides is 1. The van der Waals surface area contributed by atoms with Gasteiger partial charge in [-0.1, -0.05) is 60.1 Å². The summed E-state index contributed by atoms with van der Waals surface area (Å²) in [5, 5.41) is 3.71. The van der Waals surface area contributed by atoms with Gasteiger partial charge < -0.3 is 5.32 Å². The molecule has 0 aliphatic carbocycles. The number of carbonyl (C=O) groups is 1. The number of imidazole rings is 1. The van der Waals surface area contributed by atoms with Crippen molar-refractivity contribution in [2.45, 2.75) is 13.3 Å². The van der Waals surface area contributed by atoms with Crippen LogP contribution in [0.15, 0.2) is 72.9 Å². The molecule has 4 nitrogen and oxygen atoms in total. The van der Waals surface area contributed by atoms with E-state index in [0.717, 1.165) is 28.0 Å². The van der Waals surface area contributed by atoms with Crippen molar-refractivity contribution >= 4 is 29.0 Å². The fraction of sp³-hybridized carbons (Fsp3) is 0.0909. The summed E-state index contributed by atoms with van der Waals surface area (Å²) in [7, 11) is 0. The number of hydrogen-bond donors (Lipinski definition) is 1.